The van der Waals surface area contributed by atoms with Gasteiger partial charge in [-0.15, -0.1) is 0 Å². The number of nitrogens with zero attached hydrogens (tertiary/aromatic N) is 4. The molecule has 3 aromatic carbocycles. The summed E-state index contributed by atoms with van der Waals surface area (Å²) in [6, 6.07) is 20.9. The molecule has 0 aromatic heterocycles. The number of hydrogen-bond donors (Lipinski definition) is 3. The fourth-order valence-corrected chi connectivity index (χ4v) is 6.67. The lowest BCUT2D eigenvalue weighted by Gasteiger charge is -2.40. The number of primary amides is 1. The topological polar surface area (TPSA) is 132 Å². The van der Waals surface area contributed by atoms with E-state index < -0.39 is 30.1 Å². The summed E-state index contributed by atoms with van der Waals surface area (Å²) in [5, 5.41) is 21.7. The van der Waals surface area contributed by atoms with Crippen molar-refractivity contribution in [2.75, 3.05) is 59.4 Å². The number of rotatable bonds is 10. The highest BCUT2D eigenvalue weighted by Crippen LogP contribution is 2.39. The van der Waals surface area contributed by atoms with E-state index in [4.69, 9.17) is 15.3 Å². The van der Waals surface area contributed by atoms with Crippen LogP contribution < -0.4 is 15.4 Å². The van der Waals surface area contributed by atoms with Crippen LogP contribution in [-0.4, -0.2) is 110 Å². The highest BCUT2D eigenvalue weighted by atomic mass is 16.7. The molecule has 246 valence electrons. The van der Waals surface area contributed by atoms with Gasteiger partial charge in [-0.05, 0) is 43.3 Å². The number of benzene rings is 3. The van der Waals surface area contributed by atoms with E-state index in [1.165, 1.54) is 10.6 Å². The first-order valence-electron chi connectivity index (χ1n) is 15.6. The summed E-state index contributed by atoms with van der Waals surface area (Å²) in [6.45, 7) is 3.26. The molecule has 0 saturated carbocycles. The number of carbonyl (C=O) groups is 2. The first-order valence-corrected chi connectivity index (χ1v) is 15.6. The van der Waals surface area contributed by atoms with Crippen molar-refractivity contribution >= 4 is 17.5 Å². The maximum atomic E-state index is 14.1. The molecule has 1 unspecified atom stereocenters. The van der Waals surface area contributed by atoms with E-state index >= 15 is 0 Å². The summed E-state index contributed by atoms with van der Waals surface area (Å²) in [5.74, 6) is -0.841. The molecular formula is C35H45N5O6. The third kappa shape index (κ3) is 6.74. The average molecular weight is 632 g/mol. The first kappa shape index (κ1) is 33.4. The van der Waals surface area contributed by atoms with Crippen LogP contribution in [0.15, 0.2) is 66.7 Å². The Morgan fingerprint density at radius 1 is 1.09 bits per heavy atom. The summed E-state index contributed by atoms with van der Waals surface area (Å²) in [7, 11) is 7.54. The number of aliphatic hydroxyl groups excluding tert-OH is 2. The maximum Gasteiger partial charge on any atom is 0.254 e. The quantitative estimate of drug-likeness (QED) is 0.309. The van der Waals surface area contributed by atoms with Gasteiger partial charge in [0.25, 0.3) is 5.91 Å². The molecule has 0 aliphatic carbocycles. The van der Waals surface area contributed by atoms with Gasteiger partial charge < -0.3 is 30.5 Å². The molecule has 2 heterocycles. The fourth-order valence-electron chi connectivity index (χ4n) is 6.67. The predicted molar refractivity (Wildman–Crippen MR) is 176 cm³/mol. The van der Waals surface area contributed by atoms with Gasteiger partial charge in [0.2, 0.25) is 5.91 Å². The van der Waals surface area contributed by atoms with E-state index in [-0.39, 0.29) is 25.1 Å². The third-order valence-corrected chi connectivity index (χ3v) is 9.14. The molecule has 5 atom stereocenters. The van der Waals surface area contributed by atoms with Gasteiger partial charge in [0.05, 0.1) is 32.4 Å². The highest BCUT2D eigenvalue weighted by molar-refractivity contribution is 5.97. The molecule has 2 saturated heterocycles. The lowest BCUT2D eigenvalue weighted by atomic mass is 9.89. The number of hydrogen-bond acceptors (Lipinski definition) is 9. The van der Waals surface area contributed by atoms with Crippen molar-refractivity contribution in [1.82, 2.24) is 14.9 Å². The monoisotopic (exact) mass is 631 g/mol. The lowest BCUT2D eigenvalue weighted by molar-refractivity contribution is -0.181. The smallest absolute Gasteiger partial charge is 0.254 e. The Bertz CT molecular complexity index is 1530. The van der Waals surface area contributed by atoms with E-state index in [0.717, 1.165) is 23.4 Å². The summed E-state index contributed by atoms with van der Waals surface area (Å²) in [5.41, 5.74) is 10.6. The molecule has 11 nitrogen and oxygen atoms in total. The zero-order valence-corrected chi connectivity index (χ0v) is 27.2. The number of amides is 2. The van der Waals surface area contributed by atoms with E-state index in [0.29, 0.717) is 30.0 Å². The van der Waals surface area contributed by atoms with E-state index in [9.17, 15) is 19.8 Å². The van der Waals surface area contributed by atoms with Gasteiger partial charge in [0.15, 0.2) is 0 Å². The normalized spacial score (nSPS) is 22.9. The molecule has 0 bridgehead atoms. The number of para-hydroxylation sites is 1. The van der Waals surface area contributed by atoms with Crippen molar-refractivity contribution in [2.24, 2.45) is 11.7 Å². The summed E-state index contributed by atoms with van der Waals surface area (Å²) in [4.78, 5) is 38.7. The van der Waals surface area contributed by atoms with Gasteiger partial charge in [-0.25, -0.2) is 0 Å². The third-order valence-electron chi connectivity index (χ3n) is 9.14. The fraction of sp³-hybridized carbons (Fsp3) is 0.429. The van der Waals surface area contributed by atoms with Crippen LogP contribution >= 0.6 is 0 Å². The number of nitrogens with two attached hydrogens (primary N) is 1. The molecule has 2 aliphatic heterocycles. The standard InChI is InChI=1S/C35H45N5O6/c1-22(42)31-30(21-41)46-40(32(31)34(36)43)19-24-12-9-13-28(33(24)45-5)25-16-26(18-27(17-25)37(2)3)35(44)39-15-14-38(4)29(20-39)23-10-7-6-8-11-23/h6-13,16-18,22,29-32,41-42H,14-15,19-21H2,1-5H3,(H2,36,43)/t22-,29?,30-,31-,32-/m0/s1. The van der Waals surface area contributed by atoms with Crippen molar-refractivity contribution in [1.29, 1.82) is 0 Å². The molecule has 2 amide bonds. The number of piperazine rings is 1. The van der Waals surface area contributed by atoms with Gasteiger partial charge in [0, 0.05) is 62.0 Å². The predicted octanol–water partition coefficient (Wildman–Crippen LogP) is 2.52. The van der Waals surface area contributed by atoms with Crippen molar-refractivity contribution in [3.05, 3.63) is 83.4 Å². The van der Waals surface area contributed by atoms with Gasteiger partial charge in [-0.2, -0.15) is 5.06 Å². The molecule has 2 aliphatic rings. The van der Waals surface area contributed by atoms with E-state index in [2.05, 4.69) is 24.1 Å². The van der Waals surface area contributed by atoms with E-state index in [1.54, 1.807) is 14.0 Å². The Morgan fingerprint density at radius 2 is 1.83 bits per heavy atom. The van der Waals surface area contributed by atoms with Crippen LogP contribution in [0.25, 0.3) is 11.1 Å². The van der Waals surface area contributed by atoms with Crippen molar-refractivity contribution in [3.8, 4) is 16.9 Å². The van der Waals surface area contributed by atoms with Gasteiger partial charge in [0.1, 0.15) is 17.9 Å². The van der Waals surface area contributed by atoms with Crippen LogP contribution in [-0.2, 0) is 16.2 Å². The van der Waals surface area contributed by atoms with Crippen LogP contribution in [0.3, 0.4) is 0 Å². The Labute approximate surface area is 270 Å². The molecule has 4 N–H and O–H groups in total. The molecule has 46 heavy (non-hydrogen) atoms. The minimum atomic E-state index is -0.949. The van der Waals surface area contributed by atoms with Crippen LogP contribution in [0.4, 0.5) is 5.69 Å². The lowest BCUT2D eigenvalue weighted by Crippen LogP contribution is -2.49. The summed E-state index contributed by atoms with van der Waals surface area (Å²) < 4.78 is 5.94. The zero-order chi connectivity index (χ0) is 33.1. The second-order valence-electron chi connectivity index (χ2n) is 12.4. The van der Waals surface area contributed by atoms with Crippen molar-refractivity contribution in [2.45, 2.75) is 37.8 Å². The molecule has 11 heteroatoms. The number of ether oxygens (including phenoxy) is 1. The Hall–Kier alpha value is -4.00. The maximum absolute atomic E-state index is 14.1. The van der Waals surface area contributed by atoms with Crippen LogP contribution in [0.2, 0.25) is 0 Å². The largest absolute Gasteiger partial charge is 0.496 e. The number of carbonyl (C=O) groups excluding carboxylic acids is 2. The molecule has 3 aromatic rings. The van der Waals surface area contributed by atoms with Crippen molar-refractivity contribution < 1.29 is 29.4 Å². The first-order chi connectivity index (χ1) is 22.0. The van der Waals surface area contributed by atoms with Gasteiger partial charge in [-0.3, -0.25) is 19.3 Å². The second kappa shape index (κ2) is 14.2. The Kier molecular flexibility index (Phi) is 10.3. The number of aliphatic hydroxyl groups is 2. The second-order valence-corrected chi connectivity index (χ2v) is 12.4. The molecule has 5 rings (SSSR count). The summed E-state index contributed by atoms with van der Waals surface area (Å²) in [6.07, 6.45) is -1.71. The average Bonchev–Trinajstić information content (AvgIpc) is 3.43. The number of methoxy groups -OCH3 is 1. The molecule has 0 radical (unpaired) electrons. The van der Waals surface area contributed by atoms with Crippen molar-refractivity contribution in [3.63, 3.8) is 0 Å². The van der Waals surface area contributed by atoms with Crippen LogP contribution in [0.1, 0.15) is 34.5 Å². The van der Waals surface area contributed by atoms with Crippen LogP contribution in [0, 0.1) is 5.92 Å². The summed E-state index contributed by atoms with van der Waals surface area (Å²) >= 11 is 0. The molecule has 2 fully saturated rings. The minimum absolute atomic E-state index is 0.0388. The SMILES string of the molecule is COc1c(CN2O[C@@H](CO)[C@H]([C@H](C)O)[C@H]2C(N)=O)cccc1-c1cc(C(=O)N2CCN(C)C(c3ccccc3)C2)cc(N(C)C)c1. The van der Waals surface area contributed by atoms with E-state index in [1.807, 2.05) is 78.5 Å². The number of anilines is 1. The Balaban J connectivity index is 1.48. The highest BCUT2D eigenvalue weighted by Gasteiger charge is 2.48. The zero-order valence-electron chi connectivity index (χ0n) is 27.2. The number of likely N-dealkylation sites (N-methyl/N-ethyl adjacent to an activating group) is 1. The Morgan fingerprint density at radius 3 is 2.46 bits per heavy atom. The van der Waals surface area contributed by atoms with Crippen LogP contribution in [0.5, 0.6) is 5.75 Å². The molecular weight excluding hydrogens is 586 g/mol. The number of hydroxylamine groups is 2. The molecule has 0 spiro atoms. The van der Waals surface area contributed by atoms with Gasteiger partial charge in [-0.1, -0.05) is 48.5 Å². The minimum Gasteiger partial charge on any atom is -0.496 e. The van der Waals surface area contributed by atoms with Gasteiger partial charge >= 0.3 is 0 Å².